The molecule has 0 heterocycles. The molecule has 0 saturated heterocycles. The molecule has 1 aliphatic rings. The fourth-order valence-corrected chi connectivity index (χ4v) is 2.94. The molecule has 0 amide bonds. The molecule has 0 atom stereocenters. The van der Waals surface area contributed by atoms with Gasteiger partial charge >= 0.3 is 0 Å². The average Bonchev–Trinajstić information content (AvgIpc) is 2.52. The molecule has 4 heteroatoms. The molecule has 0 radical (unpaired) electrons. The van der Waals surface area contributed by atoms with E-state index >= 15 is 0 Å². The van der Waals surface area contributed by atoms with Gasteiger partial charge in [-0.15, -0.1) is 0 Å². The fourth-order valence-electron chi connectivity index (χ4n) is 2.47. The highest BCUT2D eigenvalue weighted by atomic mass is 79.9. The van der Waals surface area contributed by atoms with E-state index in [4.69, 9.17) is 11.6 Å². The molecule has 0 aliphatic heterocycles. The number of hydrogen-bond acceptors (Lipinski definition) is 1. The van der Waals surface area contributed by atoms with Crippen LogP contribution in [0.4, 0.5) is 4.39 Å². The maximum atomic E-state index is 14.1. The van der Waals surface area contributed by atoms with Crippen molar-refractivity contribution < 1.29 is 9.50 Å². The molecule has 1 aliphatic carbocycles. The van der Waals surface area contributed by atoms with Gasteiger partial charge in [0.15, 0.2) is 0 Å². The second-order valence-corrected chi connectivity index (χ2v) is 5.90. The molecule has 2 rings (SSSR count). The van der Waals surface area contributed by atoms with Crippen molar-refractivity contribution in [1.29, 1.82) is 0 Å². The number of rotatable bonds is 1. The van der Waals surface area contributed by atoms with Gasteiger partial charge in [-0.25, -0.2) is 4.39 Å². The lowest BCUT2D eigenvalue weighted by molar-refractivity contribution is 0.0173. The third-order valence-electron chi connectivity index (χ3n) is 3.47. The van der Waals surface area contributed by atoms with E-state index in [-0.39, 0.29) is 5.02 Å². The van der Waals surface area contributed by atoms with Crippen LogP contribution in [0.3, 0.4) is 0 Å². The first-order valence-corrected chi connectivity index (χ1v) is 7.08. The van der Waals surface area contributed by atoms with Gasteiger partial charge in [0, 0.05) is 10.0 Å². The van der Waals surface area contributed by atoms with Crippen LogP contribution < -0.4 is 0 Å². The SMILES string of the molecule is OC1(c2ccc(Br)c(Cl)c2F)CCCCCC1. The van der Waals surface area contributed by atoms with Crippen molar-refractivity contribution in [3.8, 4) is 0 Å². The topological polar surface area (TPSA) is 20.2 Å². The van der Waals surface area contributed by atoms with Crippen molar-refractivity contribution in [3.63, 3.8) is 0 Å². The monoisotopic (exact) mass is 320 g/mol. The minimum atomic E-state index is -1.05. The molecular formula is C13H15BrClFO. The Morgan fingerprint density at radius 1 is 1.18 bits per heavy atom. The average molecular weight is 322 g/mol. The van der Waals surface area contributed by atoms with E-state index in [9.17, 15) is 9.50 Å². The third kappa shape index (κ3) is 2.67. The number of halogens is 3. The molecule has 0 bridgehead atoms. The van der Waals surface area contributed by atoms with Crippen molar-refractivity contribution >= 4 is 27.5 Å². The van der Waals surface area contributed by atoms with Crippen LogP contribution in [-0.2, 0) is 5.60 Å². The van der Waals surface area contributed by atoms with Crippen LogP contribution in [0.1, 0.15) is 44.1 Å². The lowest BCUT2D eigenvalue weighted by Gasteiger charge is -2.28. The van der Waals surface area contributed by atoms with E-state index in [0.29, 0.717) is 22.9 Å². The van der Waals surface area contributed by atoms with Crippen molar-refractivity contribution in [2.75, 3.05) is 0 Å². The summed E-state index contributed by atoms with van der Waals surface area (Å²) in [5.41, 5.74) is -0.710. The van der Waals surface area contributed by atoms with Gasteiger partial charge in [-0.2, -0.15) is 0 Å². The predicted molar refractivity (Wildman–Crippen MR) is 70.7 cm³/mol. The summed E-state index contributed by atoms with van der Waals surface area (Å²) >= 11 is 9.06. The van der Waals surface area contributed by atoms with E-state index < -0.39 is 11.4 Å². The first kappa shape index (κ1) is 13.3. The van der Waals surface area contributed by atoms with Crippen molar-refractivity contribution in [2.45, 2.75) is 44.1 Å². The Labute approximate surface area is 114 Å². The van der Waals surface area contributed by atoms with Gasteiger partial charge in [0.05, 0.1) is 10.6 Å². The van der Waals surface area contributed by atoms with E-state index in [1.165, 1.54) is 0 Å². The largest absolute Gasteiger partial charge is 0.385 e. The van der Waals surface area contributed by atoms with Gasteiger partial charge in [-0.05, 0) is 34.8 Å². The Bertz CT molecular complexity index is 414. The zero-order chi connectivity index (χ0) is 12.5. The van der Waals surface area contributed by atoms with Crippen LogP contribution in [0, 0.1) is 5.82 Å². The Morgan fingerprint density at radius 2 is 1.76 bits per heavy atom. The summed E-state index contributed by atoms with van der Waals surface area (Å²) in [7, 11) is 0. The lowest BCUT2D eigenvalue weighted by atomic mass is 9.86. The second kappa shape index (κ2) is 5.25. The molecule has 1 aromatic rings. The maximum absolute atomic E-state index is 14.1. The first-order chi connectivity index (χ1) is 8.04. The van der Waals surface area contributed by atoms with E-state index in [0.717, 1.165) is 25.7 Å². The molecule has 94 valence electrons. The normalized spacial score (nSPS) is 20.0. The van der Waals surface area contributed by atoms with Crippen molar-refractivity contribution in [1.82, 2.24) is 0 Å². The summed E-state index contributed by atoms with van der Waals surface area (Å²) in [6.45, 7) is 0. The predicted octanol–water partition coefficient (Wildman–Crippen LogP) is 4.78. The Morgan fingerprint density at radius 3 is 2.35 bits per heavy atom. The molecule has 1 fully saturated rings. The van der Waals surface area contributed by atoms with Crippen molar-refractivity contribution in [2.24, 2.45) is 0 Å². The third-order valence-corrected chi connectivity index (χ3v) is 4.73. The molecule has 0 spiro atoms. The highest BCUT2D eigenvalue weighted by Crippen LogP contribution is 2.40. The van der Waals surface area contributed by atoms with Crippen LogP contribution in [-0.4, -0.2) is 5.11 Å². The molecule has 17 heavy (non-hydrogen) atoms. The molecule has 1 aromatic carbocycles. The highest BCUT2D eigenvalue weighted by molar-refractivity contribution is 9.10. The van der Waals surface area contributed by atoms with Gasteiger partial charge in [0.2, 0.25) is 0 Å². The van der Waals surface area contributed by atoms with Crippen LogP contribution in [0.5, 0.6) is 0 Å². The summed E-state index contributed by atoms with van der Waals surface area (Å²) in [4.78, 5) is 0. The summed E-state index contributed by atoms with van der Waals surface area (Å²) in [5.74, 6) is -0.495. The fraction of sp³-hybridized carbons (Fsp3) is 0.538. The molecule has 0 aromatic heterocycles. The van der Waals surface area contributed by atoms with Gasteiger partial charge in [-0.3, -0.25) is 0 Å². The maximum Gasteiger partial charge on any atom is 0.149 e. The summed E-state index contributed by atoms with van der Waals surface area (Å²) in [6, 6.07) is 3.33. The molecule has 1 nitrogen and oxygen atoms in total. The Hall–Kier alpha value is -0.120. The smallest absolute Gasteiger partial charge is 0.149 e. The summed E-state index contributed by atoms with van der Waals surface area (Å²) < 4.78 is 14.6. The lowest BCUT2D eigenvalue weighted by Crippen LogP contribution is -2.26. The minimum absolute atomic E-state index is 0.0557. The first-order valence-electron chi connectivity index (χ1n) is 5.91. The van der Waals surface area contributed by atoms with E-state index in [1.54, 1.807) is 12.1 Å². The number of aliphatic hydroxyl groups is 1. The second-order valence-electron chi connectivity index (χ2n) is 4.67. The van der Waals surface area contributed by atoms with Crippen LogP contribution >= 0.6 is 27.5 Å². The zero-order valence-electron chi connectivity index (χ0n) is 9.48. The number of benzene rings is 1. The molecule has 1 N–H and O–H groups in total. The molecular weight excluding hydrogens is 306 g/mol. The zero-order valence-corrected chi connectivity index (χ0v) is 11.8. The van der Waals surface area contributed by atoms with Crippen LogP contribution in [0.25, 0.3) is 0 Å². The Kier molecular flexibility index (Phi) is 4.11. The summed E-state index contributed by atoms with van der Waals surface area (Å²) in [5, 5.41) is 10.7. The highest BCUT2D eigenvalue weighted by Gasteiger charge is 2.33. The van der Waals surface area contributed by atoms with Gasteiger partial charge in [0.25, 0.3) is 0 Å². The van der Waals surface area contributed by atoms with Gasteiger partial charge in [0.1, 0.15) is 5.82 Å². The van der Waals surface area contributed by atoms with E-state index in [1.807, 2.05) is 0 Å². The van der Waals surface area contributed by atoms with E-state index in [2.05, 4.69) is 15.9 Å². The quantitative estimate of drug-likeness (QED) is 0.583. The standard InChI is InChI=1S/C13H15BrClFO/c14-10-6-5-9(12(16)11(10)15)13(17)7-3-1-2-4-8-13/h5-6,17H,1-4,7-8H2. The summed E-state index contributed by atoms with van der Waals surface area (Å²) in [6.07, 6.45) is 5.30. The number of hydrogen-bond donors (Lipinski definition) is 1. The van der Waals surface area contributed by atoms with Gasteiger partial charge < -0.3 is 5.11 Å². The molecule has 0 unspecified atom stereocenters. The van der Waals surface area contributed by atoms with Crippen molar-refractivity contribution in [3.05, 3.63) is 33.0 Å². The van der Waals surface area contributed by atoms with Gasteiger partial charge in [-0.1, -0.05) is 43.4 Å². The molecule has 1 saturated carbocycles. The Balaban J connectivity index is 2.41. The minimum Gasteiger partial charge on any atom is -0.385 e. The van der Waals surface area contributed by atoms with Crippen LogP contribution in [0.2, 0.25) is 5.02 Å². The van der Waals surface area contributed by atoms with Crippen LogP contribution in [0.15, 0.2) is 16.6 Å².